The van der Waals surface area contributed by atoms with Crippen molar-refractivity contribution in [1.29, 1.82) is 0 Å². The summed E-state index contributed by atoms with van der Waals surface area (Å²) in [5.74, 6) is -0.227. The molecule has 0 aliphatic carbocycles. The van der Waals surface area contributed by atoms with Gasteiger partial charge < -0.3 is 15.3 Å². The van der Waals surface area contributed by atoms with Crippen molar-refractivity contribution in [3.8, 4) is 0 Å². The zero-order valence-electron chi connectivity index (χ0n) is 19.8. The van der Waals surface area contributed by atoms with Gasteiger partial charge in [-0.2, -0.15) is 0 Å². The van der Waals surface area contributed by atoms with E-state index in [1.165, 1.54) is 12.1 Å². The molecule has 0 spiro atoms. The number of hydrogen-bond acceptors (Lipinski definition) is 4. The van der Waals surface area contributed by atoms with Crippen LogP contribution in [0.5, 0.6) is 0 Å². The van der Waals surface area contributed by atoms with E-state index in [4.69, 9.17) is 16.6 Å². The summed E-state index contributed by atoms with van der Waals surface area (Å²) in [5.41, 5.74) is 3.39. The molecule has 2 aromatic carbocycles. The number of halogens is 2. The molecule has 180 valence electrons. The predicted octanol–water partition coefficient (Wildman–Crippen LogP) is 7.25. The van der Waals surface area contributed by atoms with E-state index in [0.29, 0.717) is 23.9 Å². The molecule has 0 bridgehead atoms. The molecule has 1 heterocycles. The zero-order chi connectivity index (χ0) is 24.7. The third-order valence-corrected chi connectivity index (χ3v) is 5.74. The van der Waals surface area contributed by atoms with E-state index < -0.39 is 5.97 Å². The van der Waals surface area contributed by atoms with Gasteiger partial charge in [0.25, 0.3) is 0 Å². The maximum absolute atomic E-state index is 13.4. The van der Waals surface area contributed by atoms with Gasteiger partial charge in [-0.3, -0.25) is 4.79 Å². The summed E-state index contributed by atoms with van der Waals surface area (Å²) in [6.45, 7) is 7.54. The van der Waals surface area contributed by atoms with Crippen LogP contribution in [0, 0.1) is 11.7 Å². The minimum Gasteiger partial charge on any atom is -0.481 e. The normalized spacial score (nSPS) is 11.9. The van der Waals surface area contributed by atoms with Crippen LogP contribution in [0.1, 0.15) is 50.8 Å². The fourth-order valence-corrected chi connectivity index (χ4v) is 3.96. The quantitative estimate of drug-likeness (QED) is 0.300. The maximum atomic E-state index is 13.4. The molecule has 7 heteroatoms. The van der Waals surface area contributed by atoms with E-state index in [9.17, 15) is 14.3 Å². The van der Waals surface area contributed by atoms with Gasteiger partial charge in [0.05, 0.1) is 6.42 Å². The second kappa shape index (κ2) is 11.8. The summed E-state index contributed by atoms with van der Waals surface area (Å²) in [6.07, 6.45) is 0.667. The van der Waals surface area contributed by atoms with E-state index in [1.54, 1.807) is 12.1 Å². The Morgan fingerprint density at radius 3 is 2.35 bits per heavy atom. The average Bonchev–Trinajstić information content (AvgIpc) is 2.79. The van der Waals surface area contributed by atoms with Crippen LogP contribution in [0.4, 0.5) is 21.6 Å². The van der Waals surface area contributed by atoms with Gasteiger partial charge in [-0.25, -0.2) is 9.37 Å². The van der Waals surface area contributed by atoms with Crippen molar-refractivity contribution in [2.24, 2.45) is 5.92 Å². The molecule has 2 N–H and O–H groups in total. The predicted molar refractivity (Wildman–Crippen MR) is 137 cm³/mol. The van der Waals surface area contributed by atoms with Gasteiger partial charge in [0.1, 0.15) is 11.6 Å². The van der Waals surface area contributed by atoms with Crippen LogP contribution < -0.4 is 10.2 Å². The number of hydrogen-bond donors (Lipinski definition) is 2. The number of nitrogens with zero attached hydrogens (tertiary/aromatic N) is 2. The van der Waals surface area contributed by atoms with Gasteiger partial charge in [-0.1, -0.05) is 44.5 Å². The number of pyridine rings is 1. The first-order valence-electron chi connectivity index (χ1n) is 11.5. The molecule has 0 saturated heterocycles. The number of carbonyl (C=O) groups is 1. The molecule has 34 heavy (non-hydrogen) atoms. The van der Waals surface area contributed by atoms with E-state index in [2.05, 4.69) is 24.1 Å². The lowest BCUT2D eigenvalue weighted by Gasteiger charge is -2.28. The lowest BCUT2D eigenvalue weighted by molar-refractivity contribution is -0.137. The minimum atomic E-state index is -0.850. The molecule has 1 atom stereocenters. The summed E-state index contributed by atoms with van der Waals surface area (Å²) < 4.78 is 13.4. The lowest BCUT2D eigenvalue weighted by atomic mass is 9.97. The van der Waals surface area contributed by atoms with Gasteiger partial charge in [0.15, 0.2) is 0 Å². The molecule has 0 amide bonds. The molecule has 0 saturated carbocycles. The number of aliphatic carboxylic acids is 1. The summed E-state index contributed by atoms with van der Waals surface area (Å²) in [6, 6.07) is 17.8. The molecule has 0 aliphatic rings. The van der Waals surface area contributed by atoms with Gasteiger partial charge in [0.2, 0.25) is 0 Å². The fourth-order valence-electron chi connectivity index (χ4n) is 3.84. The standard InChI is InChI=1S/C27H31ClFN3O2/c1-4-20(13-27(33)34)25-14-24(30-23-11-7-21(28)8-12-23)15-26(31-25)32(16-18(2)3)17-19-5-9-22(29)10-6-19/h5-12,14-15,18,20H,4,13,16-17H2,1-3H3,(H,30,31)(H,33,34). The SMILES string of the molecule is CCC(CC(=O)O)c1cc(Nc2ccc(Cl)cc2)cc(N(Cc2ccc(F)cc2)CC(C)C)n1. The highest BCUT2D eigenvalue weighted by molar-refractivity contribution is 6.30. The van der Waals surface area contributed by atoms with Crippen LogP contribution in [-0.2, 0) is 11.3 Å². The van der Waals surface area contributed by atoms with E-state index >= 15 is 0 Å². The largest absolute Gasteiger partial charge is 0.481 e. The Kier molecular flexibility index (Phi) is 8.88. The Bertz CT molecular complexity index is 1090. The Hall–Kier alpha value is -3.12. The molecule has 0 aliphatic heterocycles. The molecular formula is C27H31ClFN3O2. The van der Waals surface area contributed by atoms with Crippen molar-refractivity contribution in [3.63, 3.8) is 0 Å². The van der Waals surface area contributed by atoms with E-state index in [0.717, 1.165) is 35.0 Å². The monoisotopic (exact) mass is 483 g/mol. The number of benzene rings is 2. The summed E-state index contributed by atoms with van der Waals surface area (Å²) >= 11 is 6.03. The summed E-state index contributed by atoms with van der Waals surface area (Å²) in [4.78, 5) is 18.5. The molecule has 5 nitrogen and oxygen atoms in total. The molecular weight excluding hydrogens is 453 g/mol. The second-order valence-corrected chi connectivity index (χ2v) is 9.31. The van der Waals surface area contributed by atoms with Crippen LogP contribution in [-0.4, -0.2) is 22.6 Å². The highest BCUT2D eigenvalue weighted by atomic mass is 35.5. The van der Waals surface area contributed by atoms with Crippen LogP contribution in [0.15, 0.2) is 60.7 Å². The van der Waals surface area contributed by atoms with Gasteiger partial charge in [-0.05, 0) is 60.4 Å². The average molecular weight is 484 g/mol. The van der Waals surface area contributed by atoms with Crippen molar-refractivity contribution in [2.45, 2.75) is 46.1 Å². The Balaban J connectivity index is 2.02. The van der Waals surface area contributed by atoms with Crippen molar-refractivity contribution < 1.29 is 14.3 Å². The first-order chi connectivity index (χ1) is 16.2. The fraction of sp³-hybridized carbons (Fsp3) is 0.333. The van der Waals surface area contributed by atoms with Crippen LogP contribution >= 0.6 is 11.6 Å². The molecule has 3 aromatic rings. The first-order valence-corrected chi connectivity index (χ1v) is 11.9. The number of nitrogens with one attached hydrogen (secondary N) is 1. The van der Waals surface area contributed by atoms with Crippen molar-refractivity contribution in [3.05, 3.63) is 82.8 Å². The number of rotatable bonds is 11. The third-order valence-electron chi connectivity index (χ3n) is 5.49. The van der Waals surface area contributed by atoms with Crippen LogP contribution in [0.2, 0.25) is 5.02 Å². The van der Waals surface area contributed by atoms with Crippen LogP contribution in [0.3, 0.4) is 0 Å². The van der Waals surface area contributed by atoms with Crippen LogP contribution in [0.25, 0.3) is 0 Å². The number of carboxylic acids is 1. The molecule has 0 radical (unpaired) electrons. The number of carboxylic acid groups (broad SMARTS) is 1. The minimum absolute atomic E-state index is 0.00941. The van der Waals surface area contributed by atoms with E-state index in [1.807, 2.05) is 43.3 Å². The highest BCUT2D eigenvalue weighted by Crippen LogP contribution is 2.30. The molecule has 3 rings (SSSR count). The maximum Gasteiger partial charge on any atom is 0.304 e. The second-order valence-electron chi connectivity index (χ2n) is 8.87. The zero-order valence-corrected chi connectivity index (χ0v) is 20.5. The molecule has 0 fully saturated rings. The Morgan fingerprint density at radius 1 is 1.09 bits per heavy atom. The van der Waals surface area contributed by atoms with Gasteiger partial charge >= 0.3 is 5.97 Å². The topological polar surface area (TPSA) is 65.5 Å². The Labute approximate surface area is 205 Å². The van der Waals surface area contributed by atoms with Crippen molar-refractivity contribution in [1.82, 2.24) is 4.98 Å². The first kappa shape index (κ1) is 25.5. The Morgan fingerprint density at radius 2 is 1.76 bits per heavy atom. The third kappa shape index (κ3) is 7.45. The summed E-state index contributed by atoms with van der Waals surface area (Å²) in [7, 11) is 0. The van der Waals surface area contributed by atoms with Crippen molar-refractivity contribution in [2.75, 3.05) is 16.8 Å². The number of aromatic nitrogens is 1. The van der Waals surface area contributed by atoms with Gasteiger partial charge in [-0.15, -0.1) is 0 Å². The molecule has 1 unspecified atom stereocenters. The smallest absolute Gasteiger partial charge is 0.304 e. The van der Waals surface area contributed by atoms with Gasteiger partial charge in [0, 0.05) is 47.2 Å². The summed E-state index contributed by atoms with van der Waals surface area (Å²) in [5, 5.41) is 13.5. The van der Waals surface area contributed by atoms with Crippen molar-refractivity contribution >= 4 is 34.8 Å². The number of anilines is 3. The van der Waals surface area contributed by atoms with E-state index in [-0.39, 0.29) is 18.2 Å². The molecule has 1 aromatic heterocycles. The lowest BCUT2D eigenvalue weighted by Crippen LogP contribution is -2.28. The highest BCUT2D eigenvalue weighted by Gasteiger charge is 2.20.